The average Bonchev–Trinajstić information content (AvgIpc) is 3.21. The zero-order valence-corrected chi connectivity index (χ0v) is 17.1. The van der Waals surface area contributed by atoms with Gasteiger partial charge in [-0.1, -0.05) is 49.7 Å². The molecule has 1 amide bonds. The van der Waals surface area contributed by atoms with Gasteiger partial charge in [0, 0.05) is 10.6 Å². The number of ether oxygens (including phenoxy) is 1. The fourth-order valence-corrected chi connectivity index (χ4v) is 2.89. The lowest BCUT2D eigenvalue weighted by atomic mass is 9.99. The highest BCUT2D eigenvalue weighted by Crippen LogP contribution is 2.24. The van der Waals surface area contributed by atoms with Crippen LogP contribution in [-0.4, -0.2) is 18.7 Å². The van der Waals surface area contributed by atoms with Crippen LogP contribution in [0.3, 0.4) is 0 Å². The summed E-state index contributed by atoms with van der Waals surface area (Å²) >= 11 is 5.99. The number of nitrogens with zero attached hydrogens (tertiary/aromatic N) is 1. The van der Waals surface area contributed by atoms with Gasteiger partial charge in [-0.2, -0.15) is 5.10 Å². The van der Waals surface area contributed by atoms with Crippen molar-refractivity contribution in [2.45, 2.75) is 26.2 Å². The van der Waals surface area contributed by atoms with Gasteiger partial charge in [0.1, 0.15) is 17.3 Å². The van der Waals surface area contributed by atoms with Gasteiger partial charge in [-0.3, -0.25) is 4.79 Å². The number of carbonyl (C=O) groups is 1. The molecule has 1 aromatic heterocycles. The molecule has 0 spiro atoms. The van der Waals surface area contributed by atoms with Crippen molar-refractivity contribution in [2.24, 2.45) is 5.10 Å². The number of benzene rings is 2. The lowest BCUT2D eigenvalue weighted by Crippen LogP contribution is -2.24. The van der Waals surface area contributed by atoms with Crippen LogP contribution in [0.15, 0.2) is 70.2 Å². The van der Waals surface area contributed by atoms with Crippen LogP contribution in [0.1, 0.15) is 37.5 Å². The topological polar surface area (TPSA) is 63.8 Å². The van der Waals surface area contributed by atoms with Crippen molar-refractivity contribution in [1.82, 2.24) is 5.43 Å². The molecule has 5 nitrogen and oxygen atoms in total. The molecule has 150 valence electrons. The second-order valence-electron chi connectivity index (χ2n) is 6.67. The van der Waals surface area contributed by atoms with Crippen LogP contribution in [0.2, 0.25) is 5.02 Å². The smallest absolute Gasteiger partial charge is 0.277 e. The number of carbonyl (C=O) groups excluding carboxylic acids is 1. The molecule has 0 saturated heterocycles. The second kappa shape index (κ2) is 9.94. The third-order valence-electron chi connectivity index (χ3n) is 4.55. The fourth-order valence-electron chi connectivity index (χ4n) is 2.70. The highest BCUT2D eigenvalue weighted by atomic mass is 35.5. The van der Waals surface area contributed by atoms with E-state index in [4.69, 9.17) is 20.8 Å². The minimum Gasteiger partial charge on any atom is -0.484 e. The second-order valence-corrected chi connectivity index (χ2v) is 7.11. The van der Waals surface area contributed by atoms with Gasteiger partial charge < -0.3 is 9.15 Å². The Morgan fingerprint density at radius 2 is 2.00 bits per heavy atom. The van der Waals surface area contributed by atoms with Crippen molar-refractivity contribution in [3.63, 3.8) is 0 Å². The quantitative estimate of drug-likeness (QED) is 0.386. The normalized spacial score (nSPS) is 12.1. The Labute approximate surface area is 175 Å². The van der Waals surface area contributed by atoms with E-state index in [-0.39, 0.29) is 12.5 Å². The predicted molar refractivity (Wildman–Crippen MR) is 116 cm³/mol. The van der Waals surface area contributed by atoms with Crippen LogP contribution in [-0.2, 0) is 4.79 Å². The van der Waals surface area contributed by atoms with Crippen LogP contribution in [0, 0.1) is 0 Å². The van der Waals surface area contributed by atoms with Crippen molar-refractivity contribution in [3.05, 3.63) is 77.0 Å². The van der Waals surface area contributed by atoms with E-state index in [9.17, 15) is 4.79 Å². The van der Waals surface area contributed by atoms with Crippen molar-refractivity contribution in [2.75, 3.05) is 6.61 Å². The molecule has 0 aliphatic heterocycles. The molecule has 0 fully saturated rings. The van der Waals surface area contributed by atoms with Crippen LogP contribution >= 0.6 is 11.6 Å². The third kappa shape index (κ3) is 5.96. The van der Waals surface area contributed by atoms with E-state index in [1.807, 2.05) is 48.5 Å². The molecule has 0 saturated carbocycles. The van der Waals surface area contributed by atoms with Gasteiger partial charge >= 0.3 is 0 Å². The SMILES string of the molecule is CCC(C)c1ccc(OCC(=O)N/N=C\c2ccc(-c3cccc(Cl)c3)o2)cc1. The molecule has 1 heterocycles. The van der Waals surface area contributed by atoms with Crippen molar-refractivity contribution in [3.8, 4) is 17.1 Å². The first-order valence-electron chi connectivity index (χ1n) is 9.45. The summed E-state index contributed by atoms with van der Waals surface area (Å²) in [6.45, 7) is 4.21. The van der Waals surface area contributed by atoms with E-state index in [2.05, 4.69) is 24.4 Å². The largest absolute Gasteiger partial charge is 0.484 e. The minimum absolute atomic E-state index is 0.119. The van der Waals surface area contributed by atoms with E-state index in [0.717, 1.165) is 12.0 Å². The van der Waals surface area contributed by atoms with Gasteiger partial charge in [-0.05, 0) is 54.3 Å². The van der Waals surface area contributed by atoms with Crippen LogP contribution in [0.25, 0.3) is 11.3 Å². The van der Waals surface area contributed by atoms with Crippen LogP contribution < -0.4 is 10.2 Å². The summed E-state index contributed by atoms with van der Waals surface area (Å²) in [7, 11) is 0. The maximum Gasteiger partial charge on any atom is 0.277 e. The molecule has 3 rings (SSSR count). The molecular formula is C23H23ClN2O3. The van der Waals surface area contributed by atoms with Gasteiger partial charge in [-0.25, -0.2) is 5.43 Å². The lowest BCUT2D eigenvalue weighted by Gasteiger charge is -2.10. The molecule has 0 aliphatic carbocycles. The summed E-state index contributed by atoms with van der Waals surface area (Å²) in [6.07, 6.45) is 2.52. The Hall–Kier alpha value is -3.05. The number of hydrogen-bond donors (Lipinski definition) is 1. The molecule has 2 aromatic carbocycles. The number of rotatable bonds is 8. The summed E-state index contributed by atoms with van der Waals surface area (Å²) in [6, 6.07) is 18.7. The van der Waals surface area contributed by atoms with Crippen molar-refractivity contribution >= 4 is 23.7 Å². The Bertz CT molecular complexity index is 980. The van der Waals surface area contributed by atoms with Crippen LogP contribution in [0.4, 0.5) is 0 Å². The standard InChI is InChI=1S/C23H23ClN2O3/c1-3-16(2)17-7-9-20(10-8-17)28-15-23(27)26-25-14-21-11-12-22(29-21)18-5-4-6-19(24)13-18/h4-14,16H,3,15H2,1-2H3,(H,26,27)/b25-14-. The van der Waals surface area contributed by atoms with E-state index >= 15 is 0 Å². The highest BCUT2D eigenvalue weighted by Gasteiger charge is 2.06. The minimum atomic E-state index is -0.353. The number of halogens is 1. The van der Waals surface area contributed by atoms with Crippen molar-refractivity contribution < 1.29 is 13.9 Å². The summed E-state index contributed by atoms with van der Waals surface area (Å²) in [5.74, 6) is 1.98. The molecule has 0 aliphatic rings. The number of amides is 1. The first-order chi connectivity index (χ1) is 14.0. The molecular weight excluding hydrogens is 388 g/mol. The van der Waals surface area contributed by atoms with E-state index in [1.165, 1.54) is 11.8 Å². The van der Waals surface area contributed by atoms with Gasteiger partial charge in [0.05, 0.1) is 6.21 Å². The van der Waals surface area contributed by atoms with E-state index in [0.29, 0.717) is 28.2 Å². The number of nitrogens with one attached hydrogen (secondary N) is 1. The number of hydrazone groups is 1. The molecule has 3 aromatic rings. The number of furan rings is 1. The molecule has 6 heteroatoms. The predicted octanol–water partition coefficient (Wildman–Crippen LogP) is 5.64. The van der Waals surface area contributed by atoms with Crippen molar-refractivity contribution in [1.29, 1.82) is 0 Å². The Balaban J connectivity index is 1.47. The summed E-state index contributed by atoms with van der Waals surface area (Å²) < 4.78 is 11.2. The molecule has 1 N–H and O–H groups in total. The maximum atomic E-state index is 11.9. The first kappa shape index (κ1) is 20.7. The molecule has 29 heavy (non-hydrogen) atoms. The first-order valence-corrected chi connectivity index (χ1v) is 9.83. The zero-order chi connectivity index (χ0) is 20.6. The summed E-state index contributed by atoms with van der Waals surface area (Å²) in [5.41, 5.74) is 4.55. The molecule has 1 atom stereocenters. The average molecular weight is 411 g/mol. The summed E-state index contributed by atoms with van der Waals surface area (Å²) in [5, 5.41) is 4.54. The highest BCUT2D eigenvalue weighted by molar-refractivity contribution is 6.30. The molecule has 0 radical (unpaired) electrons. The Morgan fingerprint density at radius 3 is 2.72 bits per heavy atom. The van der Waals surface area contributed by atoms with Gasteiger partial charge in [0.25, 0.3) is 5.91 Å². The van der Waals surface area contributed by atoms with E-state index < -0.39 is 0 Å². The van der Waals surface area contributed by atoms with Crippen LogP contribution in [0.5, 0.6) is 5.75 Å². The number of hydrogen-bond acceptors (Lipinski definition) is 4. The summed E-state index contributed by atoms with van der Waals surface area (Å²) in [4.78, 5) is 11.9. The van der Waals surface area contributed by atoms with Gasteiger partial charge in [-0.15, -0.1) is 0 Å². The Kier molecular flexibility index (Phi) is 7.09. The zero-order valence-electron chi connectivity index (χ0n) is 16.4. The molecule has 0 bridgehead atoms. The van der Waals surface area contributed by atoms with Gasteiger partial charge in [0.15, 0.2) is 6.61 Å². The molecule has 1 unspecified atom stereocenters. The lowest BCUT2D eigenvalue weighted by molar-refractivity contribution is -0.123. The third-order valence-corrected chi connectivity index (χ3v) is 4.78. The van der Waals surface area contributed by atoms with E-state index in [1.54, 1.807) is 12.1 Å². The Morgan fingerprint density at radius 1 is 1.21 bits per heavy atom. The maximum absolute atomic E-state index is 11.9. The fraction of sp³-hybridized carbons (Fsp3) is 0.217. The monoisotopic (exact) mass is 410 g/mol. The van der Waals surface area contributed by atoms with Gasteiger partial charge in [0.2, 0.25) is 0 Å².